The lowest BCUT2D eigenvalue weighted by molar-refractivity contribution is -0.138. The SMILES string of the molecule is NC(=O)[C@@H](c1ccccc1)N(Cc1ccccc1C(F)(F)F)S(=O)(=O)c1ccc(Cl)cc1. The van der Waals surface area contributed by atoms with Gasteiger partial charge in [-0.2, -0.15) is 17.5 Å². The maximum Gasteiger partial charge on any atom is 0.416 e. The van der Waals surface area contributed by atoms with Crippen LogP contribution >= 0.6 is 11.6 Å². The van der Waals surface area contributed by atoms with Crippen LogP contribution in [0.3, 0.4) is 0 Å². The van der Waals surface area contributed by atoms with Crippen molar-refractivity contribution in [3.8, 4) is 0 Å². The Labute approximate surface area is 188 Å². The molecule has 0 saturated heterocycles. The number of nitrogens with two attached hydrogens (primary N) is 1. The maximum absolute atomic E-state index is 13.6. The van der Waals surface area contributed by atoms with Crippen LogP contribution in [0.1, 0.15) is 22.7 Å². The highest BCUT2D eigenvalue weighted by atomic mass is 35.5. The third kappa shape index (κ3) is 5.12. The van der Waals surface area contributed by atoms with Crippen molar-refractivity contribution in [1.29, 1.82) is 0 Å². The monoisotopic (exact) mass is 482 g/mol. The molecule has 0 fully saturated rings. The van der Waals surface area contributed by atoms with Gasteiger partial charge in [0.1, 0.15) is 6.04 Å². The summed E-state index contributed by atoms with van der Waals surface area (Å²) >= 11 is 5.84. The van der Waals surface area contributed by atoms with Crippen molar-refractivity contribution >= 4 is 27.5 Å². The fraction of sp³-hybridized carbons (Fsp3) is 0.136. The Morgan fingerprint density at radius 1 is 0.938 bits per heavy atom. The molecule has 2 N–H and O–H groups in total. The van der Waals surface area contributed by atoms with Gasteiger partial charge in [-0.1, -0.05) is 60.1 Å². The average molecular weight is 483 g/mol. The van der Waals surface area contributed by atoms with Gasteiger partial charge in [0.15, 0.2) is 0 Å². The summed E-state index contributed by atoms with van der Waals surface area (Å²) in [7, 11) is -4.46. The molecule has 0 unspecified atom stereocenters. The summed E-state index contributed by atoms with van der Waals surface area (Å²) < 4.78 is 68.4. The third-order valence-electron chi connectivity index (χ3n) is 4.74. The lowest BCUT2D eigenvalue weighted by atomic mass is 10.0. The van der Waals surface area contributed by atoms with E-state index in [-0.39, 0.29) is 21.0 Å². The van der Waals surface area contributed by atoms with Gasteiger partial charge in [-0.05, 0) is 41.5 Å². The van der Waals surface area contributed by atoms with Gasteiger partial charge in [-0.3, -0.25) is 4.79 Å². The van der Waals surface area contributed by atoms with Crippen LogP contribution in [0.2, 0.25) is 5.02 Å². The van der Waals surface area contributed by atoms with Gasteiger partial charge in [0, 0.05) is 11.6 Å². The number of sulfonamides is 1. The molecule has 3 rings (SSSR count). The molecule has 3 aromatic carbocycles. The number of hydrogen-bond acceptors (Lipinski definition) is 3. The Hall–Kier alpha value is -2.88. The number of amides is 1. The van der Waals surface area contributed by atoms with E-state index in [9.17, 15) is 26.4 Å². The standard InChI is InChI=1S/C22H18ClF3N2O3S/c23-17-10-12-18(13-11-17)32(30,31)28(20(21(27)29)15-6-2-1-3-7-15)14-16-8-4-5-9-19(16)22(24,25)26/h1-13,20H,14H2,(H2,27,29)/t20-/m1/s1. The summed E-state index contributed by atoms with van der Waals surface area (Å²) in [5.41, 5.74) is 4.46. The second-order valence-electron chi connectivity index (χ2n) is 6.87. The van der Waals surface area contributed by atoms with Gasteiger partial charge in [0.25, 0.3) is 0 Å². The van der Waals surface area contributed by atoms with Crippen LogP contribution in [0.4, 0.5) is 13.2 Å². The van der Waals surface area contributed by atoms with Crippen LogP contribution in [-0.2, 0) is 27.5 Å². The van der Waals surface area contributed by atoms with E-state index in [1.54, 1.807) is 18.2 Å². The summed E-state index contributed by atoms with van der Waals surface area (Å²) in [5, 5.41) is 0.271. The zero-order valence-corrected chi connectivity index (χ0v) is 18.0. The molecule has 0 aromatic heterocycles. The van der Waals surface area contributed by atoms with E-state index in [1.165, 1.54) is 48.5 Å². The number of carbonyl (C=O) groups is 1. The van der Waals surface area contributed by atoms with Gasteiger partial charge in [0.2, 0.25) is 15.9 Å². The third-order valence-corrected chi connectivity index (χ3v) is 6.82. The minimum atomic E-state index is -4.72. The number of halogens is 4. The Bertz CT molecular complexity index is 1200. The van der Waals surface area contributed by atoms with Crippen molar-refractivity contribution < 1.29 is 26.4 Å². The largest absolute Gasteiger partial charge is 0.416 e. The highest BCUT2D eigenvalue weighted by Crippen LogP contribution is 2.36. The van der Waals surface area contributed by atoms with Crippen molar-refractivity contribution in [3.63, 3.8) is 0 Å². The van der Waals surface area contributed by atoms with Crippen LogP contribution in [0.25, 0.3) is 0 Å². The van der Waals surface area contributed by atoms with Crippen LogP contribution in [0.15, 0.2) is 83.8 Å². The predicted octanol–water partition coefficient (Wildman–Crippen LogP) is 4.78. The molecule has 5 nitrogen and oxygen atoms in total. The van der Waals surface area contributed by atoms with E-state index in [1.807, 2.05) is 0 Å². The molecule has 1 atom stereocenters. The number of alkyl halides is 3. The van der Waals surface area contributed by atoms with E-state index in [0.717, 1.165) is 12.1 Å². The van der Waals surface area contributed by atoms with Crippen LogP contribution in [-0.4, -0.2) is 18.6 Å². The first-order valence-electron chi connectivity index (χ1n) is 9.28. The first-order chi connectivity index (χ1) is 15.0. The summed E-state index contributed by atoms with van der Waals surface area (Å²) in [6.45, 7) is -0.733. The van der Waals surface area contributed by atoms with Crippen LogP contribution < -0.4 is 5.73 Å². The van der Waals surface area contributed by atoms with Crippen molar-refractivity contribution in [3.05, 3.63) is 101 Å². The fourth-order valence-electron chi connectivity index (χ4n) is 3.27. The Morgan fingerprint density at radius 2 is 1.50 bits per heavy atom. The van der Waals surface area contributed by atoms with Crippen molar-refractivity contribution in [2.24, 2.45) is 5.73 Å². The van der Waals surface area contributed by atoms with Gasteiger partial charge in [-0.25, -0.2) is 8.42 Å². The second kappa shape index (κ2) is 9.32. The number of carbonyl (C=O) groups excluding carboxylic acids is 1. The Morgan fingerprint density at radius 3 is 2.06 bits per heavy atom. The molecular formula is C22H18ClF3N2O3S. The molecular weight excluding hydrogens is 465 g/mol. The zero-order valence-electron chi connectivity index (χ0n) is 16.5. The van der Waals surface area contributed by atoms with E-state index >= 15 is 0 Å². The van der Waals surface area contributed by atoms with E-state index in [0.29, 0.717) is 4.31 Å². The van der Waals surface area contributed by atoms with Gasteiger partial charge in [-0.15, -0.1) is 0 Å². The van der Waals surface area contributed by atoms with Crippen LogP contribution in [0.5, 0.6) is 0 Å². The maximum atomic E-state index is 13.6. The topological polar surface area (TPSA) is 80.5 Å². The summed E-state index contributed by atoms with van der Waals surface area (Å²) in [4.78, 5) is 12.2. The Kier molecular flexibility index (Phi) is 6.92. The van der Waals surface area contributed by atoms with Crippen molar-refractivity contribution in [1.82, 2.24) is 4.31 Å². The van der Waals surface area contributed by atoms with Crippen molar-refractivity contribution in [2.75, 3.05) is 0 Å². The van der Waals surface area contributed by atoms with E-state index < -0.39 is 40.3 Å². The van der Waals surface area contributed by atoms with E-state index in [2.05, 4.69) is 0 Å². The lowest BCUT2D eigenvalue weighted by Crippen LogP contribution is -2.41. The molecule has 168 valence electrons. The molecule has 1 amide bonds. The summed E-state index contributed by atoms with van der Waals surface area (Å²) in [6.07, 6.45) is -4.72. The number of benzene rings is 3. The molecule has 10 heteroatoms. The number of primary amides is 1. The lowest BCUT2D eigenvalue weighted by Gasteiger charge is -2.30. The van der Waals surface area contributed by atoms with Crippen LogP contribution in [0, 0.1) is 0 Å². The minimum Gasteiger partial charge on any atom is -0.368 e. The molecule has 0 aliphatic heterocycles. The molecule has 0 heterocycles. The summed E-state index contributed by atoms with van der Waals surface area (Å²) in [5.74, 6) is -1.03. The molecule has 0 aliphatic rings. The first-order valence-corrected chi connectivity index (χ1v) is 11.1. The van der Waals surface area contributed by atoms with Gasteiger partial charge >= 0.3 is 6.18 Å². The number of rotatable bonds is 7. The first kappa shape index (κ1) is 23.8. The molecule has 0 bridgehead atoms. The summed E-state index contributed by atoms with van der Waals surface area (Å²) in [6, 6.07) is 15.9. The van der Waals surface area contributed by atoms with E-state index in [4.69, 9.17) is 17.3 Å². The highest BCUT2D eigenvalue weighted by molar-refractivity contribution is 7.89. The number of hydrogen-bond donors (Lipinski definition) is 1. The average Bonchev–Trinajstić information content (AvgIpc) is 2.74. The molecule has 0 aliphatic carbocycles. The Balaban J connectivity index is 2.20. The second-order valence-corrected chi connectivity index (χ2v) is 9.20. The molecule has 0 radical (unpaired) electrons. The molecule has 3 aromatic rings. The highest BCUT2D eigenvalue weighted by Gasteiger charge is 2.39. The van der Waals surface area contributed by atoms with Gasteiger partial charge in [0.05, 0.1) is 10.5 Å². The van der Waals surface area contributed by atoms with Gasteiger partial charge < -0.3 is 5.73 Å². The quantitative estimate of drug-likeness (QED) is 0.526. The minimum absolute atomic E-state index is 0.224. The molecule has 0 saturated carbocycles. The molecule has 32 heavy (non-hydrogen) atoms. The normalized spacial score (nSPS) is 13.2. The fourth-order valence-corrected chi connectivity index (χ4v) is 4.96. The predicted molar refractivity (Wildman–Crippen MR) is 114 cm³/mol. The smallest absolute Gasteiger partial charge is 0.368 e. The van der Waals surface area contributed by atoms with Crippen molar-refractivity contribution in [2.45, 2.75) is 23.7 Å². The molecule has 0 spiro atoms. The number of nitrogens with zero attached hydrogens (tertiary/aromatic N) is 1. The zero-order chi connectivity index (χ0) is 23.5.